The first-order valence-corrected chi connectivity index (χ1v) is 7.96. The van der Waals surface area contributed by atoms with Crippen LogP contribution in [0.4, 0.5) is 0 Å². The quantitative estimate of drug-likeness (QED) is 0.652. The maximum Gasteiger partial charge on any atom is 0.194 e. The van der Waals surface area contributed by atoms with Crippen molar-refractivity contribution in [2.75, 3.05) is 14.1 Å². The summed E-state index contributed by atoms with van der Waals surface area (Å²) in [6.45, 7) is 4.32. The van der Waals surface area contributed by atoms with E-state index >= 15 is 0 Å². The van der Waals surface area contributed by atoms with Gasteiger partial charge in [-0.2, -0.15) is 0 Å². The van der Waals surface area contributed by atoms with Crippen molar-refractivity contribution < 1.29 is 0 Å². The van der Waals surface area contributed by atoms with Crippen molar-refractivity contribution in [3.8, 4) is 0 Å². The van der Waals surface area contributed by atoms with Crippen LogP contribution in [-0.2, 0) is 19.6 Å². The Morgan fingerprint density at radius 1 is 1.36 bits per heavy atom. The average Bonchev–Trinajstić information content (AvgIpc) is 2.98. The van der Waals surface area contributed by atoms with Crippen LogP contribution in [0.1, 0.15) is 18.3 Å². The lowest BCUT2D eigenvalue weighted by Gasteiger charge is -2.22. The number of aromatic nitrogens is 3. The van der Waals surface area contributed by atoms with Gasteiger partial charge in [0.1, 0.15) is 6.33 Å². The second-order valence-corrected chi connectivity index (χ2v) is 5.83. The lowest BCUT2D eigenvalue weighted by Crippen LogP contribution is -2.38. The molecule has 118 valence electrons. The van der Waals surface area contributed by atoms with Gasteiger partial charge in [-0.25, -0.2) is 0 Å². The summed E-state index contributed by atoms with van der Waals surface area (Å²) in [7, 11) is 3.80. The Balaban J connectivity index is 1.94. The Kier molecular flexibility index (Phi) is 5.94. The molecule has 0 saturated carbocycles. The van der Waals surface area contributed by atoms with Gasteiger partial charge in [-0.1, -0.05) is 28.1 Å². The number of nitrogens with zero attached hydrogens (tertiary/aromatic N) is 5. The van der Waals surface area contributed by atoms with E-state index in [9.17, 15) is 0 Å². The highest BCUT2D eigenvalue weighted by Gasteiger charge is 2.09. The smallest absolute Gasteiger partial charge is 0.194 e. The molecular formula is C15H21BrN6. The van der Waals surface area contributed by atoms with Crippen molar-refractivity contribution >= 4 is 21.9 Å². The van der Waals surface area contributed by atoms with Crippen molar-refractivity contribution in [1.82, 2.24) is 25.0 Å². The van der Waals surface area contributed by atoms with Crippen LogP contribution in [0.15, 0.2) is 40.1 Å². The van der Waals surface area contributed by atoms with E-state index in [4.69, 9.17) is 0 Å². The summed E-state index contributed by atoms with van der Waals surface area (Å²) in [5.41, 5.74) is 1.23. The van der Waals surface area contributed by atoms with E-state index < -0.39 is 0 Å². The number of hydrogen-bond acceptors (Lipinski definition) is 3. The number of rotatable bonds is 5. The molecule has 1 aromatic heterocycles. The number of benzene rings is 1. The SMILES string of the molecule is CCn1cnnc1CNC(=NC)N(C)Cc1ccc(Br)cc1. The lowest BCUT2D eigenvalue weighted by atomic mass is 10.2. The normalized spacial score (nSPS) is 11.5. The van der Waals surface area contributed by atoms with Gasteiger partial charge in [-0.05, 0) is 24.6 Å². The third-order valence-electron chi connectivity index (χ3n) is 3.35. The van der Waals surface area contributed by atoms with E-state index in [0.29, 0.717) is 6.54 Å². The fourth-order valence-electron chi connectivity index (χ4n) is 2.16. The molecule has 1 heterocycles. The summed E-state index contributed by atoms with van der Waals surface area (Å²) in [6.07, 6.45) is 1.74. The van der Waals surface area contributed by atoms with Crippen molar-refractivity contribution in [1.29, 1.82) is 0 Å². The zero-order chi connectivity index (χ0) is 15.9. The Bertz CT molecular complexity index is 619. The van der Waals surface area contributed by atoms with Gasteiger partial charge in [0, 0.05) is 31.7 Å². The number of aryl methyl sites for hydroxylation is 1. The Hall–Kier alpha value is -1.89. The lowest BCUT2D eigenvalue weighted by molar-refractivity contribution is 0.474. The van der Waals surface area contributed by atoms with Crippen LogP contribution in [0.3, 0.4) is 0 Å². The molecule has 22 heavy (non-hydrogen) atoms. The maximum atomic E-state index is 4.32. The average molecular weight is 365 g/mol. The standard InChI is InChI=1S/C15H21BrN6/c1-4-22-11-19-20-14(22)9-18-15(17-2)21(3)10-12-5-7-13(16)8-6-12/h5-8,11H,4,9-10H2,1-3H3,(H,17,18). The maximum absolute atomic E-state index is 4.32. The van der Waals surface area contributed by atoms with E-state index in [1.54, 1.807) is 13.4 Å². The first-order valence-electron chi connectivity index (χ1n) is 7.17. The number of aliphatic imine (C=N–C) groups is 1. The topological polar surface area (TPSA) is 58.3 Å². The van der Waals surface area contributed by atoms with Gasteiger partial charge in [0.15, 0.2) is 11.8 Å². The third-order valence-corrected chi connectivity index (χ3v) is 3.88. The zero-order valence-electron chi connectivity index (χ0n) is 13.1. The molecule has 7 heteroatoms. The van der Waals surface area contributed by atoms with Crippen LogP contribution < -0.4 is 5.32 Å². The van der Waals surface area contributed by atoms with E-state index in [0.717, 1.165) is 29.3 Å². The molecule has 0 aliphatic carbocycles. The summed E-state index contributed by atoms with van der Waals surface area (Å²) in [5.74, 6) is 1.73. The summed E-state index contributed by atoms with van der Waals surface area (Å²) >= 11 is 3.45. The Labute approximate surface area is 139 Å². The van der Waals surface area contributed by atoms with Gasteiger partial charge in [0.25, 0.3) is 0 Å². The third kappa shape index (κ3) is 4.30. The molecule has 0 fully saturated rings. The molecule has 1 N–H and O–H groups in total. The molecule has 2 aromatic rings. The summed E-state index contributed by atoms with van der Waals surface area (Å²) in [6, 6.07) is 8.29. The first-order chi connectivity index (χ1) is 10.6. The molecule has 1 aromatic carbocycles. The van der Waals surface area contributed by atoms with Gasteiger partial charge >= 0.3 is 0 Å². The summed E-state index contributed by atoms with van der Waals surface area (Å²) in [4.78, 5) is 6.40. The van der Waals surface area contributed by atoms with Gasteiger partial charge in [0.05, 0.1) is 6.54 Å². The highest BCUT2D eigenvalue weighted by Crippen LogP contribution is 2.11. The molecule has 0 amide bonds. The van der Waals surface area contributed by atoms with E-state index in [1.165, 1.54) is 5.56 Å². The minimum atomic E-state index is 0.602. The number of halogens is 1. The summed E-state index contributed by atoms with van der Waals surface area (Å²) < 4.78 is 3.09. The van der Waals surface area contributed by atoms with Gasteiger partial charge < -0.3 is 14.8 Å². The monoisotopic (exact) mass is 364 g/mol. The largest absolute Gasteiger partial charge is 0.349 e. The molecule has 0 aliphatic heterocycles. The molecule has 0 spiro atoms. The Morgan fingerprint density at radius 3 is 2.73 bits per heavy atom. The van der Waals surface area contributed by atoms with Crippen molar-refractivity contribution in [2.45, 2.75) is 26.6 Å². The van der Waals surface area contributed by atoms with Crippen LogP contribution in [0, 0.1) is 0 Å². The van der Waals surface area contributed by atoms with Crippen molar-refractivity contribution in [3.63, 3.8) is 0 Å². The second kappa shape index (κ2) is 7.93. The van der Waals surface area contributed by atoms with Gasteiger partial charge in [-0.15, -0.1) is 10.2 Å². The highest BCUT2D eigenvalue weighted by molar-refractivity contribution is 9.10. The van der Waals surface area contributed by atoms with E-state index in [2.05, 4.69) is 60.4 Å². The minimum Gasteiger partial charge on any atom is -0.349 e. The number of hydrogen-bond donors (Lipinski definition) is 1. The molecule has 0 radical (unpaired) electrons. The molecule has 0 saturated heterocycles. The molecule has 0 bridgehead atoms. The molecule has 0 atom stereocenters. The molecule has 0 aliphatic rings. The van der Waals surface area contributed by atoms with E-state index in [-0.39, 0.29) is 0 Å². The second-order valence-electron chi connectivity index (χ2n) is 4.92. The predicted molar refractivity (Wildman–Crippen MR) is 91.5 cm³/mol. The van der Waals surface area contributed by atoms with Gasteiger partial charge in [-0.3, -0.25) is 4.99 Å². The fraction of sp³-hybridized carbons (Fsp3) is 0.400. The van der Waals surface area contributed by atoms with Crippen LogP contribution in [0.25, 0.3) is 0 Å². The van der Waals surface area contributed by atoms with Crippen molar-refractivity contribution in [2.24, 2.45) is 4.99 Å². The van der Waals surface area contributed by atoms with Crippen LogP contribution in [-0.4, -0.2) is 39.7 Å². The summed E-state index contributed by atoms with van der Waals surface area (Å²) in [5, 5.41) is 11.4. The molecular weight excluding hydrogens is 344 g/mol. The number of nitrogens with one attached hydrogen (secondary N) is 1. The fourth-order valence-corrected chi connectivity index (χ4v) is 2.43. The molecule has 6 nitrogen and oxygen atoms in total. The molecule has 2 rings (SSSR count). The predicted octanol–water partition coefficient (Wildman–Crippen LogP) is 2.27. The van der Waals surface area contributed by atoms with Gasteiger partial charge in [0.2, 0.25) is 0 Å². The zero-order valence-corrected chi connectivity index (χ0v) is 14.7. The molecule has 0 unspecified atom stereocenters. The Morgan fingerprint density at radius 2 is 2.09 bits per heavy atom. The van der Waals surface area contributed by atoms with E-state index in [1.807, 2.05) is 23.7 Å². The first kappa shape index (κ1) is 16.5. The number of guanidine groups is 1. The van der Waals surface area contributed by atoms with Crippen LogP contribution in [0.2, 0.25) is 0 Å². The van der Waals surface area contributed by atoms with Crippen LogP contribution >= 0.6 is 15.9 Å². The highest BCUT2D eigenvalue weighted by atomic mass is 79.9. The van der Waals surface area contributed by atoms with Crippen molar-refractivity contribution in [3.05, 3.63) is 46.5 Å². The minimum absolute atomic E-state index is 0.602. The van der Waals surface area contributed by atoms with Crippen LogP contribution in [0.5, 0.6) is 0 Å².